The lowest BCUT2D eigenvalue weighted by molar-refractivity contribution is 0.186. The molecule has 0 radical (unpaired) electrons. The van der Waals surface area contributed by atoms with Gasteiger partial charge in [-0.3, -0.25) is 0 Å². The highest BCUT2D eigenvalue weighted by Gasteiger charge is 2.32. The minimum absolute atomic E-state index is 0.0482. The summed E-state index contributed by atoms with van der Waals surface area (Å²) in [4.78, 5) is 0. The molecule has 1 aliphatic carbocycles. The molecule has 3 N–H and O–H groups in total. The summed E-state index contributed by atoms with van der Waals surface area (Å²) in [5.41, 5.74) is 7.18. The third kappa shape index (κ3) is 2.96. The Bertz CT molecular complexity index is 427. The summed E-state index contributed by atoms with van der Waals surface area (Å²) >= 11 is 0. The molecular weight excluding hydrogens is 226 g/mol. The summed E-state index contributed by atoms with van der Waals surface area (Å²) in [5.74, 6) is 0.761. The van der Waals surface area contributed by atoms with Crippen LogP contribution in [-0.4, -0.2) is 11.2 Å². The van der Waals surface area contributed by atoms with Crippen molar-refractivity contribution in [2.45, 2.75) is 52.2 Å². The number of aromatic hydroxyl groups is 1. The molecule has 2 unspecified atom stereocenters. The fraction of sp³-hybridized carbons (Fsp3) is 0.600. The monoisotopic (exact) mass is 249 g/mol. The van der Waals surface area contributed by atoms with E-state index < -0.39 is 0 Å². The van der Waals surface area contributed by atoms with E-state index in [1.165, 1.54) is 6.42 Å². The Kier molecular flexibility index (Phi) is 3.53. The molecule has 1 fully saturated rings. The molecule has 0 bridgehead atoms. The summed E-state index contributed by atoms with van der Waals surface area (Å²) in [6, 6.07) is 5.30. The summed E-state index contributed by atoms with van der Waals surface area (Å²) in [7, 11) is 0. The van der Waals surface area contributed by atoms with Crippen LogP contribution in [-0.2, 0) is 0 Å². The van der Waals surface area contributed by atoms with Gasteiger partial charge in [0.05, 0.1) is 6.10 Å². The zero-order valence-corrected chi connectivity index (χ0v) is 11.4. The van der Waals surface area contributed by atoms with E-state index in [0.717, 1.165) is 18.4 Å². The molecule has 1 saturated carbocycles. The Morgan fingerprint density at radius 2 is 2.17 bits per heavy atom. The summed E-state index contributed by atoms with van der Waals surface area (Å²) in [5, 5.41) is 9.84. The molecular formula is C15H23NO2. The van der Waals surface area contributed by atoms with Crippen LogP contribution in [0, 0.1) is 5.41 Å². The van der Waals surface area contributed by atoms with Crippen LogP contribution in [0.25, 0.3) is 0 Å². The van der Waals surface area contributed by atoms with Crippen molar-refractivity contribution < 1.29 is 9.84 Å². The minimum Gasteiger partial charge on any atom is -0.504 e. The summed E-state index contributed by atoms with van der Waals surface area (Å²) in [6.45, 7) is 6.44. The molecule has 2 rings (SSSR count). The second kappa shape index (κ2) is 4.81. The van der Waals surface area contributed by atoms with Gasteiger partial charge < -0.3 is 15.6 Å². The number of hydrogen-bond donors (Lipinski definition) is 2. The topological polar surface area (TPSA) is 55.5 Å². The first-order valence-corrected chi connectivity index (χ1v) is 6.62. The summed E-state index contributed by atoms with van der Waals surface area (Å²) in [6.07, 6.45) is 3.46. The molecule has 1 aromatic carbocycles. The van der Waals surface area contributed by atoms with Gasteiger partial charge in [0, 0.05) is 6.04 Å². The minimum atomic E-state index is -0.0482. The normalized spacial score (nSPS) is 23.9. The molecule has 1 aliphatic rings. The van der Waals surface area contributed by atoms with E-state index in [9.17, 15) is 5.11 Å². The highest BCUT2D eigenvalue weighted by molar-refractivity contribution is 5.42. The first kappa shape index (κ1) is 13.2. The highest BCUT2D eigenvalue weighted by Crippen LogP contribution is 2.40. The lowest BCUT2D eigenvalue weighted by atomic mass is 9.92. The van der Waals surface area contributed by atoms with Crippen LogP contribution >= 0.6 is 0 Å². The van der Waals surface area contributed by atoms with Gasteiger partial charge in [-0.15, -0.1) is 0 Å². The lowest BCUT2D eigenvalue weighted by Gasteiger charge is -2.19. The van der Waals surface area contributed by atoms with Crippen molar-refractivity contribution in [2.24, 2.45) is 11.1 Å². The van der Waals surface area contributed by atoms with Gasteiger partial charge in [0.1, 0.15) is 0 Å². The Hall–Kier alpha value is -1.22. The number of ether oxygens (including phenoxy) is 1. The second-order valence-corrected chi connectivity index (χ2v) is 6.16. The Balaban J connectivity index is 2.11. The maximum atomic E-state index is 9.84. The number of phenolic OH excluding ortho intramolecular Hbond substituents is 1. The predicted octanol–water partition coefficient (Wildman–Crippen LogP) is 3.37. The predicted molar refractivity (Wildman–Crippen MR) is 72.8 cm³/mol. The molecule has 100 valence electrons. The van der Waals surface area contributed by atoms with Gasteiger partial charge in [-0.2, -0.15) is 0 Å². The van der Waals surface area contributed by atoms with Crippen molar-refractivity contribution in [1.82, 2.24) is 0 Å². The Labute approximate surface area is 109 Å². The average molecular weight is 249 g/mol. The zero-order chi connectivity index (χ0) is 13.3. The molecule has 0 aliphatic heterocycles. The zero-order valence-electron chi connectivity index (χ0n) is 11.4. The van der Waals surface area contributed by atoms with Crippen molar-refractivity contribution in [3.63, 3.8) is 0 Å². The molecule has 0 spiro atoms. The lowest BCUT2D eigenvalue weighted by Crippen LogP contribution is -2.15. The third-order valence-corrected chi connectivity index (χ3v) is 3.73. The smallest absolute Gasteiger partial charge is 0.161 e. The van der Waals surface area contributed by atoms with Gasteiger partial charge in [-0.05, 0) is 49.3 Å². The summed E-state index contributed by atoms with van der Waals surface area (Å²) < 4.78 is 5.93. The van der Waals surface area contributed by atoms with Crippen molar-refractivity contribution in [1.29, 1.82) is 0 Å². The highest BCUT2D eigenvalue weighted by atomic mass is 16.5. The number of nitrogens with two attached hydrogens (primary N) is 1. The number of benzene rings is 1. The molecule has 1 aromatic rings. The Morgan fingerprint density at radius 3 is 2.72 bits per heavy atom. The molecule has 0 aromatic heterocycles. The molecule has 0 saturated heterocycles. The molecule has 2 atom stereocenters. The molecule has 0 amide bonds. The van der Waals surface area contributed by atoms with Gasteiger partial charge in [0.15, 0.2) is 11.5 Å². The van der Waals surface area contributed by atoms with Crippen molar-refractivity contribution in [3.05, 3.63) is 23.8 Å². The van der Waals surface area contributed by atoms with Gasteiger partial charge >= 0.3 is 0 Å². The van der Waals surface area contributed by atoms with E-state index >= 15 is 0 Å². The van der Waals surface area contributed by atoms with Crippen LogP contribution in [0.1, 0.15) is 51.6 Å². The van der Waals surface area contributed by atoms with Crippen molar-refractivity contribution >= 4 is 0 Å². The number of hydrogen-bond acceptors (Lipinski definition) is 3. The fourth-order valence-electron chi connectivity index (χ4n) is 2.56. The first-order chi connectivity index (χ1) is 8.37. The average Bonchev–Trinajstić information content (AvgIpc) is 2.61. The van der Waals surface area contributed by atoms with Gasteiger partial charge in [-0.25, -0.2) is 0 Å². The number of rotatable bonds is 3. The van der Waals surface area contributed by atoms with E-state index in [4.69, 9.17) is 10.5 Å². The van der Waals surface area contributed by atoms with E-state index in [2.05, 4.69) is 13.8 Å². The third-order valence-electron chi connectivity index (χ3n) is 3.73. The second-order valence-electron chi connectivity index (χ2n) is 6.16. The Morgan fingerprint density at radius 1 is 1.44 bits per heavy atom. The van der Waals surface area contributed by atoms with Crippen LogP contribution in [0.15, 0.2) is 18.2 Å². The van der Waals surface area contributed by atoms with Crippen LogP contribution < -0.4 is 10.5 Å². The van der Waals surface area contributed by atoms with Crippen LogP contribution in [0.3, 0.4) is 0 Å². The quantitative estimate of drug-likeness (QED) is 0.863. The molecule has 3 nitrogen and oxygen atoms in total. The van der Waals surface area contributed by atoms with E-state index in [-0.39, 0.29) is 17.9 Å². The van der Waals surface area contributed by atoms with Crippen LogP contribution in [0.2, 0.25) is 0 Å². The van der Waals surface area contributed by atoms with E-state index in [0.29, 0.717) is 11.2 Å². The van der Waals surface area contributed by atoms with Gasteiger partial charge in [0.25, 0.3) is 0 Å². The number of phenols is 1. The largest absolute Gasteiger partial charge is 0.504 e. The molecule has 18 heavy (non-hydrogen) atoms. The van der Waals surface area contributed by atoms with E-state index in [1.807, 2.05) is 19.1 Å². The van der Waals surface area contributed by atoms with Gasteiger partial charge in [-0.1, -0.05) is 19.9 Å². The van der Waals surface area contributed by atoms with Crippen molar-refractivity contribution in [2.75, 3.05) is 0 Å². The molecule has 3 heteroatoms. The maximum absolute atomic E-state index is 9.84. The first-order valence-electron chi connectivity index (χ1n) is 6.62. The molecule has 0 heterocycles. The van der Waals surface area contributed by atoms with E-state index in [1.54, 1.807) is 6.07 Å². The standard InChI is InChI=1S/C15H23NO2/c1-10(16)11-4-5-13(17)14(8-11)18-12-6-7-15(2,3)9-12/h4-5,8,10,12,17H,6-7,9,16H2,1-3H3. The van der Waals surface area contributed by atoms with Gasteiger partial charge in [0.2, 0.25) is 0 Å². The fourth-order valence-corrected chi connectivity index (χ4v) is 2.56. The maximum Gasteiger partial charge on any atom is 0.161 e. The van der Waals surface area contributed by atoms with Crippen LogP contribution in [0.4, 0.5) is 0 Å². The van der Waals surface area contributed by atoms with Crippen LogP contribution in [0.5, 0.6) is 11.5 Å². The van der Waals surface area contributed by atoms with Crippen molar-refractivity contribution in [3.8, 4) is 11.5 Å². The SMILES string of the molecule is CC(N)c1ccc(O)c(OC2CCC(C)(C)C2)c1.